The van der Waals surface area contributed by atoms with Crippen molar-refractivity contribution in [2.24, 2.45) is 0 Å². The SMILES string of the molecule is C/C=C\C=C/c1c(C)cn(-c2ccc(-c3ccc(N(c4ccccc4)c4cccc(C)c4)cc3C)c(C)c2)c1C. The zero-order chi connectivity index (χ0) is 28.2. The van der Waals surface area contributed by atoms with Crippen molar-refractivity contribution in [1.29, 1.82) is 0 Å². The average Bonchev–Trinajstić information content (AvgIpc) is 3.23. The fraction of sp³-hybridized carbons (Fsp3) is 0.158. The maximum absolute atomic E-state index is 2.33. The molecule has 200 valence electrons. The zero-order valence-corrected chi connectivity index (χ0v) is 24.4. The van der Waals surface area contributed by atoms with Gasteiger partial charge in [-0.2, -0.15) is 0 Å². The third-order valence-corrected chi connectivity index (χ3v) is 7.59. The standard InChI is InChI=1S/C38H38N2/c1-7-8-10-18-36-30(5)26-39(31(36)6)33-19-21-37(28(3)24-33)38-22-20-35(25-29(38)4)40(32-15-11-9-12-16-32)34-17-13-14-27(2)23-34/h7-26H,1-6H3/b8-7-,18-10-. The first-order valence-electron chi connectivity index (χ1n) is 14.0. The highest BCUT2D eigenvalue weighted by Crippen LogP contribution is 2.38. The second-order valence-corrected chi connectivity index (χ2v) is 10.6. The second-order valence-electron chi connectivity index (χ2n) is 10.6. The molecule has 5 rings (SSSR count). The lowest BCUT2D eigenvalue weighted by Crippen LogP contribution is -2.10. The topological polar surface area (TPSA) is 8.17 Å². The Morgan fingerprint density at radius 2 is 1.27 bits per heavy atom. The van der Waals surface area contributed by atoms with Crippen molar-refractivity contribution in [3.63, 3.8) is 0 Å². The molecule has 0 spiro atoms. The number of aromatic nitrogens is 1. The quantitative estimate of drug-likeness (QED) is 0.193. The van der Waals surface area contributed by atoms with Crippen LogP contribution >= 0.6 is 0 Å². The van der Waals surface area contributed by atoms with Gasteiger partial charge in [-0.25, -0.2) is 0 Å². The van der Waals surface area contributed by atoms with E-state index >= 15 is 0 Å². The fourth-order valence-corrected chi connectivity index (χ4v) is 5.54. The van der Waals surface area contributed by atoms with E-state index in [0.29, 0.717) is 0 Å². The summed E-state index contributed by atoms with van der Waals surface area (Å²) in [6.45, 7) is 13.0. The first kappa shape index (κ1) is 27.0. The molecule has 0 amide bonds. The average molecular weight is 523 g/mol. The lowest BCUT2D eigenvalue weighted by Gasteiger charge is -2.26. The molecule has 0 bridgehead atoms. The highest BCUT2D eigenvalue weighted by Gasteiger charge is 2.15. The van der Waals surface area contributed by atoms with E-state index < -0.39 is 0 Å². The Balaban J connectivity index is 1.51. The minimum Gasteiger partial charge on any atom is -0.320 e. The summed E-state index contributed by atoms with van der Waals surface area (Å²) in [7, 11) is 0. The van der Waals surface area contributed by atoms with E-state index in [4.69, 9.17) is 0 Å². The van der Waals surface area contributed by atoms with Crippen LogP contribution in [-0.2, 0) is 0 Å². The number of para-hydroxylation sites is 1. The number of anilines is 3. The Hall–Kier alpha value is -4.56. The normalized spacial score (nSPS) is 11.6. The minimum atomic E-state index is 1.15. The summed E-state index contributed by atoms with van der Waals surface area (Å²) >= 11 is 0. The molecule has 40 heavy (non-hydrogen) atoms. The summed E-state index contributed by atoms with van der Waals surface area (Å²) < 4.78 is 2.30. The number of nitrogens with zero attached hydrogens (tertiary/aromatic N) is 2. The van der Waals surface area contributed by atoms with E-state index in [1.165, 1.54) is 50.3 Å². The number of rotatable bonds is 7. The Morgan fingerprint density at radius 1 is 0.600 bits per heavy atom. The van der Waals surface area contributed by atoms with E-state index in [2.05, 4.69) is 166 Å². The smallest absolute Gasteiger partial charge is 0.0464 e. The number of hydrogen-bond acceptors (Lipinski definition) is 1. The van der Waals surface area contributed by atoms with Crippen molar-refractivity contribution in [2.75, 3.05) is 4.90 Å². The van der Waals surface area contributed by atoms with Crippen LogP contribution in [0.25, 0.3) is 22.9 Å². The van der Waals surface area contributed by atoms with Gasteiger partial charge >= 0.3 is 0 Å². The molecule has 1 aromatic heterocycles. The third-order valence-electron chi connectivity index (χ3n) is 7.59. The Kier molecular flexibility index (Phi) is 7.89. The molecule has 2 heteroatoms. The van der Waals surface area contributed by atoms with Gasteiger partial charge < -0.3 is 9.47 Å². The van der Waals surface area contributed by atoms with E-state index in [0.717, 1.165) is 17.1 Å². The van der Waals surface area contributed by atoms with Gasteiger partial charge in [-0.05, 0) is 129 Å². The fourth-order valence-electron chi connectivity index (χ4n) is 5.54. The molecule has 0 unspecified atom stereocenters. The first-order chi connectivity index (χ1) is 19.4. The van der Waals surface area contributed by atoms with Crippen molar-refractivity contribution in [1.82, 2.24) is 4.57 Å². The van der Waals surface area contributed by atoms with Gasteiger partial charge in [0.25, 0.3) is 0 Å². The maximum atomic E-state index is 2.33. The number of hydrogen-bond donors (Lipinski definition) is 0. The summed E-state index contributed by atoms with van der Waals surface area (Å²) in [4.78, 5) is 2.33. The Bertz CT molecular complexity index is 1700. The van der Waals surface area contributed by atoms with Crippen LogP contribution in [0.5, 0.6) is 0 Å². The van der Waals surface area contributed by atoms with Crippen LogP contribution in [0.1, 0.15) is 40.4 Å². The molecule has 0 saturated carbocycles. The van der Waals surface area contributed by atoms with Gasteiger partial charge in [-0.1, -0.05) is 66.8 Å². The molecule has 0 N–H and O–H groups in total. The molecule has 0 radical (unpaired) electrons. The summed E-state index contributed by atoms with van der Waals surface area (Å²) in [5.41, 5.74) is 14.8. The van der Waals surface area contributed by atoms with Crippen LogP contribution in [0, 0.1) is 34.6 Å². The summed E-state index contributed by atoms with van der Waals surface area (Å²) in [5.74, 6) is 0. The van der Waals surface area contributed by atoms with Crippen LogP contribution in [0.4, 0.5) is 17.1 Å². The lowest BCUT2D eigenvalue weighted by molar-refractivity contribution is 1.01. The Labute approximate surface area is 239 Å². The van der Waals surface area contributed by atoms with E-state index in [9.17, 15) is 0 Å². The molecule has 0 aliphatic heterocycles. The van der Waals surface area contributed by atoms with Crippen LogP contribution in [0.15, 0.2) is 115 Å². The van der Waals surface area contributed by atoms with Gasteiger partial charge in [-0.3, -0.25) is 0 Å². The van der Waals surface area contributed by atoms with Crippen molar-refractivity contribution in [3.05, 3.63) is 149 Å². The molecule has 0 atom stereocenters. The van der Waals surface area contributed by atoms with Crippen molar-refractivity contribution in [2.45, 2.75) is 41.5 Å². The number of benzene rings is 4. The van der Waals surface area contributed by atoms with Gasteiger partial charge in [0.1, 0.15) is 0 Å². The van der Waals surface area contributed by atoms with Crippen LogP contribution < -0.4 is 4.90 Å². The van der Waals surface area contributed by atoms with Crippen molar-refractivity contribution >= 4 is 23.1 Å². The molecule has 0 aliphatic carbocycles. The van der Waals surface area contributed by atoms with Gasteiger partial charge in [0.15, 0.2) is 0 Å². The molecular weight excluding hydrogens is 484 g/mol. The molecule has 1 heterocycles. The molecule has 4 aromatic carbocycles. The van der Waals surface area contributed by atoms with Crippen LogP contribution in [0.3, 0.4) is 0 Å². The molecule has 0 saturated heterocycles. The summed E-state index contributed by atoms with van der Waals surface area (Å²) in [6.07, 6.45) is 10.7. The lowest BCUT2D eigenvalue weighted by atomic mass is 9.95. The number of allylic oxidation sites excluding steroid dienone is 3. The zero-order valence-electron chi connectivity index (χ0n) is 24.4. The predicted molar refractivity (Wildman–Crippen MR) is 173 cm³/mol. The largest absolute Gasteiger partial charge is 0.320 e. The van der Waals surface area contributed by atoms with Gasteiger partial charge in [0, 0.05) is 34.6 Å². The van der Waals surface area contributed by atoms with Gasteiger partial charge in [0.05, 0.1) is 0 Å². The summed E-state index contributed by atoms with van der Waals surface area (Å²) in [6, 6.07) is 32.9. The van der Waals surface area contributed by atoms with E-state index in [1.54, 1.807) is 0 Å². The van der Waals surface area contributed by atoms with E-state index in [-0.39, 0.29) is 0 Å². The molecule has 2 nitrogen and oxygen atoms in total. The molecule has 5 aromatic rings. The van der Waals surface area contributed by atoms with Crippen LogP contribution in [0.2, 0.25) is 0 Å². The maximum Gasteiger partial charge on any atom is 0.0464 e. The van der Waals surface area contributed by atoms with Crippen molar-refractivity contribution in [3.8, 4) is 16.8 Å². The van der Waals surface area contributed by atoms with Crippen LogP contribution in [-0.4, -0.2) is 4.57 Å². The third kappa shape index (κ3) is 5.44. The monoisotopic (exact) mass is 522 g/mol. The van der Waals surface area contributed by atoms with Gasteiger partial charge in [-0.15, -0.1) is 0 Å². The Morgan fingerprint density at radius 3 is 1.95 bits per heavy atom. The molecule has 0 aliphatic rings. The number of aryl methyl sites for hydroxylation is 4. The van der Waals surface area contributed by atoms with Crippen molar-refractivity contribution < 1.29 is 0 Å². The first-order valence-corrected chi connectivity index (χ1v) is 14.0. The van der Waals surface area contributed by atoms with Gasteiger partial charge in [0.2, 0.25) is 0 Å². The molecular formula is C38H38N2. The molecule has 0 fully saturated rings. The minimum absolute atomic E-state index is 1.15. The highest BCUT2D eigenvalue weighted by atomic mass is 15.1. The highest BCUT2D eigenvalue weighted by molar-refractivity contribution is 5.80. The van der Waals surface area contributed by atoms with E-state index in [1.807, 2.05) is 6.92 Å². The predicted octanol–water partition coefficient (Wildman–Crippen LogP) is 10.7. The second kappa shape index (κ2) is 11.7. The summed E-state index contributed by atoms with van der Waals surface area (Å²) in [5, 5.41) is 0.